The maximum Gasteiger partial charge on any atom is 0.331 e. The van der Waals surface area contributed by atoms with Gasteiger partial charge in [-0.05, 0) is 0 Å². The lowest BCUT2D eigenvalue weighted by Crippen LogP contribution is -2.42. The summed E-state index contributed by atoms with van der Waals surface area (Å²) in [7, 11) is 0. The van der Waals surface area contributed by atoms with Gasteiger partial charge in [-0.3, -0.25) is 0 Å². The van der Waals surface area contributed by atoms with Gasteiger partial charge in [0.25, 0.3) is 0 Å². The number of esters is 2. The molecule has 0 spiro atoms. The molecule has 0 aromatic heterocycles. The van der Waals surface area contributed by atoms with Crippen LogP contribution in [0.1, 0.15) is 0 Å². The maximum absolute atomic E-state index is 12.5. The Balaban J connectivity index is 5.39. The van der Waals surface area contributed by atoms with E-state index in [0.717, 1.165) is 12.2 Å². The molecule has 0 radical (unpaired) electrons. The van der Waals surface area contributed by atoms with Gasteiger partial charge in [-0.1, -0.05) is 36.5 Å². The zero-order valence-electron chi connectivity index (χ0n) is 24.8. The Bertz CT molecular complexity index is 708. The minimum absolute atomic E-state index is 0.0955. The number of carbonyl (C=O) groups is 2. The Morgan fingerprint density at radius 2 is 0.619 bits per heavy atom. The Morgan fingerprint density at radius 3 is 0.810 bits per heavy atom. The molecule has 0 fully saturated rings. The lowest BCUT2D eigenvalue weighted by molar-refractivity contribution is -0.151. The van der Waals surface area contributed by atoms with Gasteiger partial charge in [-0.25, -0.2) is 9.59 Å². The zero-order valence-corrected chi connectivity index (χ0v) is 24.8. The van der Waals surface area contributed by atoms with Crippen molar-refractivity contribution in [1.29, 1.82) is 0 Å². The van der Waals surface area contributed by atoms with Crippen molar-refractivity contribution in [3.8, 4) is 0 Å². The SMILES string of the molecule is C=CCOCC(COCC=C)(COCC=C)COC(=O)/C=C\C(=O)OCC(COCC=C)(COCC=C)COCC=C. The molecule has 0 atom stereocenters. The van der Waals surface area contributed by atoms with Gasteiger partial charge in [-0.15, -0.1) is 39.5 Å². The van der Waals surface area contributed by atoms with Crippen LogP contribution in [-0.2, 0) is 47.5 Å². The van der Waals surface area contributed by atoms with E-state index in [-0.39, 0.29) is 52.9 Å². The van der Waals surface area contributed by atoms with Crippen LogP contribution in [0.15, 0.2) is 88.1 Å². The van der Waals surface area contributed by atoms with Crippen molar-refractivity contribution < 1.29 is 47.5 Å². The summed E-state index contributed by atoms with van der Waals surface area (Å²) in [5.41, 5.74) is -1.64. The predicted molar refractivity (Wildman–Crippen MR) is 162 cm³/mol. The van der Waals surface area contributed by atoms with Crippen molar-refractivity contribution in [3.63, 3.8) is 0 Å². The van der Waals surface area contributed by atoms with E-state index in [1.165, 1.54) is 0 Å². The first kappa shape index (κ1) is 38.9. The average molecular weight is 593 g/mol. The van der Waals surface area contributed by atoms with Gasteiger partial charge >= 0.3 is 11.9 Å². The fourth-order valence-electron chi connectivity index (χ4n) is 3.33. The number of hydrogen-bond acceptors (Lipinski definition) is 10. The first-order valence-electron chi connectivity index (χ1n) is 13.5. The summed E-state index contributed by atoms with van der Waals surface area (Å²) in [5, 5.41) is 0. The van der Waals surface area contributed by atoms with E-state index >= 15 is 0 Å². The summed E-state index contributed by atoms with van der Waals surface area (Å²) in [6, 6.07) is 0. The van der Waals surface area contributed by atoms with E-state index in [1.54, 1.807) is 36.5 Å². The van der Waals surface area contributed by atoms with Gasteiger partial charge in [0.15, 0.2) is 0 Å². The molecule has 0 aromatic rings. The molecule has 0 saturated carbocycles. The second kappa shape index (κ2) is 25.6. The largest absolute Gasteiger partial charge is 0.462 e. The molecule has 10 heteroatoms. The van der Waals surface area contributed by atoms with Crippen molar-refractivity contribution in [3.05, 3.63) is 88.1 Å². The van der Waals surface area contributed by atoms with E-state index in [2.05, 4.69) is 39.5 Å². The first-order chi connectivity index (χ1) is 20.4. The third kappa shape index (κ3) is 19.1. The van der Waals surface area contributed by atoms with Crippen molar-refractivity contribution >= 4 is 11.9 Å². The average Bonchev–Trinajstić information content (AvgIpc) is 2.98. The van der Waals surface area contributed by atoms with Gasteiger partial charge in [0.1, 0.15) is 13.2 Å². The highest BCUT2D eigenvalue weighted by atomic mass is 16.6. The van der Waals surface area contributed by atoms with Crippen LogP contribution in [0.5, 0.6) is 0 Å². The van der Waals surface area contributed by atoms with E-state index in [0.29, 0.717) is 39.6 Å². The molecule has 0 rings (SSSR count). The molecule has 0 aliphatic carbocycles. The summed E-state index contributed by atoms with van der Waals surface area (Å²) in [4.78, 5) is 25.1. The Labute approximate surface area is 250 Å². The molecule has 0 heterocycles. The van der Waals surface area contributed by atoms with E-state index in [9.17, 15) is 9.59 Å². The van der Waals surface area contributed by atoms with E-state index in [1.807, 2.05) is 0 Å². The van der Waals surface area contributed by atoms with Gasteiger partial charge in [0, 0.05) is 12.2 Å². The van der Waals surface area contributed by atoms with Crippen molar-refractivity contribution in [2.24, 2.45) is 10.8 Å². The fourth-order valence-corrected chi connectivity index (χ4v) is 3.33. The second-order valence-electron chi connectivity index (χ2n) is 9.37. The van der Waals surface area contributed by atoms with Crippen LogP contribution in [0.25, 0.3) is 0 Å². The molecule has 0 aliphatic rings. The van der Waals surface area contributed by atoms with Gasteiger partial charge in [-0.2, -0.15) is 0 Å². The number of hydrogen-bond donors (Lipinski definition) is 0. The molecular formula is C32H48O10. The predicted octanol–water partition coefficient (Wildman–Crippen LogP) is 3.82. The maximum atomic E-state index is 12.5. The lowest BCUT2D eigenvalue weighted by atomic mass is 9.92. The Hall–Kier alpha value is -3.12. The quantitative estimate of drug-likeness (QED) is 0.0529. The first-order valence-corrected chi connectivity index (χ1v) is 13.5. The van der Waals surface area contributed by atoms with Gasteiger partial charge in [0.2, 0.25) is 0 Å². The molecule has 0 unspecified atom stereocenters. The van der Waals surface area contributed by atoms with Crippen LogP contribution in [-0.4, -0.2) is 104 Å². The van der Waals surface area contributed by atoms with Gasteiger partial charge < -0.3 is 37.9 Å². The minimum Gasteiger partial charge on any atom is -0.462 e. The molecule has 0 aliphatic heterocycles. The molecule has 42 heavy (non-hydrogen) atoms. The van der Waals surface area contributed by atoms with Gasteiger partial charge in [0.05, 0.1) is 90.1 Å². The molecule has 0 aromatic carbocycles. The molecule has 0 N–H and O–H groups in total. The highest BCUT2D eigenvalue weighted by Gasteiger charge is 2.35. The summed E-state index contributed by atoms with van der Waals surface area (Å²) >= 11 is 0. The third-order valence-corrected chi connectivity index (χ3v) is 5.26. The summed E-state index contributed by atoms with van der Waals surface area (Å²) in [6.07, 6.45) is 11.6. The monoisotopic (exact) mass is 592 g/mol. The smallest absolute Gasteiger partial charge is 0.331 e. The van der Waals surface area contributed by atoms with Crippen LogP contribution in [0.4, 0.5) is 0 Å². The molecule has 0 amide bonds. The number of rotatable bonds is 30. The van der Waals surface area contributed by atoms with Crippen LogP contribution in [0.3, 0.4) is 0 Å². The summed E-state index contributed by atoms with van der Waals surface area (Å²) < 4.78 is 44.8. The molecular weight excluding hydrogens is 544 g/mol. The lowest BCUT2D eigenvalue weighted by Gasteiger charge is -2.32. The van der Waals surface area contributed by atoms with Crippen molar-refractivity contribution in [1.82, 2.24) is 0 Å². The molecule has 236 valence electrons. The highest BCUT2D eigenvalue weighted by molar-refractivity contribution is 5.91. The van der Waals surface area contributed by atoms with Crippen LogP contribution >= 0.6 is 0 Å². The van der Waals surface area contributed by atoms with Crippen molar-refractivity contribution in [2.75, 3.05) is 92.5 Å². The third-order valence-electron chi connectivity index (χ3n) is 5.26. The molecule has 0 bridgehead atoms. The molecule has 0 saturated heterocycles. The highest BCUT2D eigenvalue weighted by Crippen LogP contribution is 2.22. The van der Waals surface area contributed by atoms with E-state index < -0.39 is 22.8 Å². The van der Waals surface area contributed by atoms with Crippen LogP contribution in [0, 0.1) is 10.8 Å². The van der Waals surface area contributed by atoms with Crippen LogP contribution < -0.4 is 0 Å². The minimum atomic E-state index is -0.818. The molecule has 10 nitrogen and oxygen atoms in total. The normalized spacial score (nSPS) is 11.5. The Morgan fingerprint density at radius 1 is 0.405 bits per heavy atom. The second-order valence-corrected chi connectivity index (χ2v) is 9.37. The number of ether oxygens (including phenoxy) is 8. The Kier molecular flexibility index (Phi) is 23.7. The van der Waals surface area contributed by atoms with Crippen molar-refractivity contribution in [2.45, 2.75) is 0 Å². The van der Waals surface area contributed by atoms with Crippen LogP contribution in [0.2, 0.25) is 0 Å². The zero-order chi connectivity index (χ0) is 31.4. The topological polar surface area (TPSA) is 108 Å². The summed E-state index contributed by atoms with van der Waals surface area (Å²) in [6.45, 7) is 24.5. The van der Waals surface area contributed by atoms with E-state index in [4.69, 9.17) is 37.9 Å². The number of carbonyl (C=O) groups excluding carboxylic acids is 2. The standard InChI is InChI=1S/C32H48O10/c1-7-15-35-21-31(22-36-16-8-2,23-37-17-9-3)27-41-29(33)13-14-30(34)42-28-32(24-38-18-10-4,25-39-19-11-5)26-40-20-12-6/h7-14H,1-6,15-28H2/b14-13-. The fraction of sp³-hybridized carbons (Fsp3) is 0.500. The summed E-state index contributed by atoms with van der Waals surface area (Å²) in [5.74, 6) is -1.51.